The van der Waals surface area contributed by atoms with E-state index in [1.54, 1.807) is 0 Å². The van der Waals surface area contributed by atoms with Gasteiger partial charge in [0.25, 0.3) is 0 Å². The van der Waals surface area contributed by atoms with Gasteiger partial charge in [-0.2, -0.15) is 4.31 Å². The first-order valence-corrected chi connectivity index (χ1v) is 11.2. The molecule has 0 bridgehead atoms. The van der Waals surface area contributed by atoms with Crippen LogP contribution in [-0.2, 0) is 10.0 Å². The van der Waals surface area contributed by atoms with E-state index in [1.165, 1.54) is 4.31 Å². The van der Waals surface area contributed by atoms with Gasteiger partial charge in [0.2, 0.25) is 10.0 Å². The highest BCUT2D eigenvalue weighted by atomic mass is 32.2. The maximum absolute atomic E-state index is 14.1. The summed E-state index contributed by atoms with van der Waals surface area (Å²) in [5.41, 5.74) is 2.26. The summed E-state index contributed by atoms with van der Waals surface area (Å²) in [6.45, 7) is 1.46. The second kappa shape index (κ2) is 8.63. The summed E-state index contributed by atoms with van der Waals surface area (Å²) in [5.74, 6) is -1.87. The van der Waals surface area contributed by atoms with Gasteiger partial charge >= 0.3 is 0 Å². The molecule has 3 aromatic carbocycles. The third kappa shape index (κ3) is 4.14. The Morgan fingerprint density at radius 3 is 1.77 bits per heavy atom. The highest BCUT2D eigenvalue weighted by Gasteiger charge is 2.33. The van der Waals surface area contributed by atoms with Crippen LogP contribution in [0.1, 0.15) is 17.2 Å². The SMILES string of the molecule is O=S(=O)(c1ccc(F)cc1F)N1CCN(C(c2ccccc2)c2ccccc2)CC1. The van der Waals surface area contributed by atoms with Crippen molar-refractivity contribution in [1.29, 1.82) is 0 Å². The van der Waals surface area contributed by atoms with Crippen LogP contribution in [-0.4, -0.2) is 43.8 Å². The topological polar surface area (TPSA) is 40.6 Å². The van der Waals surface area contributed by atoms with Crippen molar-refractivity contribution in [3.63, 3.8) is 0 Å². The fourth-order valence-corrected chi connectivity index (χ4v) is 5.38. The van der Waals surface area contributed by atoms with Gasteiger partial charge in [-0.15, -0.1) is 0 Å². The monoisotopic (exact) mass is 428 g/mol. The maximum atomic E-state index is 14.1. The lowest BCUT2D eigenvalue weighted by Crippen LogP contribution is -2.49. The Balaban J connectivity index is 1.56. The summed E-state index contributed by atoms with van der Waals surface area (Å²) in [5, 5.41) is 0. The normalized spacial score (nSPS) is 16.1. The first-order valence-electron chi connectivity index (χ1n) is 9.76. The standard InChI is InChI=1S/C23H22F2N2O2S/c24-20-11-12-22(21(25)17-20)30(28,29)27-15-13-26(14-16-27)23(18-7-3-1-4-8-18)19-9-5-2-6-10-19/h1-12,17,23H,13-16H2. The van der Waals surface area contributed by atoms with Gasteiger partial charge in [0.05, 0.1) is 6.04 Å². The number of nitrogens with zero attached hydrogens (tertiary/aromatic N) is 2. The average molecular weight is 429 g/mol. The van der Waals surface area contributed by atoms with Gasteiger partial charge in [-0.25, -0.2) is 17.2 Å². The predicted octanol–water partition coefficient (Wildman–Crippen LogP) is 4.06. The van der Waals surface area contributed by atoms with E-state index in [4.69, 9.17) is 0 Å². The average Bonchev–Trinajstić information content (AvgIpc) is 2.76. The fraction of sp³-hybridized carbons (Fsp3) is 0.217. The summed E-state index contributed by atoms with van der Waals surface area (Å²) < 4.78 is 54.3. The van der Waals surface area contributed by atoms with E-state index in [0.717, 1.165) is 23.3 Å². The number of halogens is 2. The second-order valence-electron chi connectivity index (χ2n) is 7.24. The number of hydrogen-bond acceptors (Lipinski definition) is 3. The van der Waals surface area contributed by atoms with Crippen molar-refractivity contribution in [2.75, 3.05) is 26.2 Å². The Labute approximate surface area is 175 Å². The second-order valence-corrected chi connectivity index (χ2v) is 9.15. The minimum absolute atomic E-state index is 0.000175. The molecular formula is C23H22F2N2O2S. The highest BCUT2D eigenvalue weighted by Crippen LogP contribution is 2.30. The van der Waals surface area contributed by atoms with Gasteiger partial charge in [-0.3, -0.25) is 4.90 Å². The summed E-state index contributed by atoms with van der Waals surface area (Å²) in [7, 11) is -4.02. The van der Waals surface area contributed by atoms with E-state index in [2.05, 4.69) is 29.2 Å². The Kier molecular flexibility index (Phi) is 5.94. The molecule has 0 amide bonds. The number of sulfonamides is 1. The van der Waals surface area contributed by atoms with Crippen molar-refractivity contribution in [3.8, 4) is 0 Å². The lowest BCUT2D eigenvalue weighted by atomic mass is 9.96. The van der Waals surface area contributed by atoms with E-state index < -0.39 is 26.6 Å². The maximum Gasteiger partial charge on any atom is 0.246 e. The Hall–Kier alpha value is -2.61. The van der Waals surface area contributed by atoms with Crippen LogP contribution in [0.25, 0.3) is 0 Å². The number of hydrogen-bond donors (Lipinski definition) is 0. The third-order valence-electron chi connectivity index (χ3n) is 5.38. The predicted molar refractivity (Wildman–Crippen MR) is 111 cm³/mol. The molecule has 0 aromatic heterocycles. The molecule has 1 aliphatic rings. The largest absolute Gasteiger partial charge is 0.290 e. The number of rotatable bonds is 5. The molecule has 4 rings (SSSR count). The van der Waals surface area contributed by atoms with Gasteiger partial charge in [0.1, 0.15) is 16.5 Å². The van der Waals surface area contributed by atoms with Crippen LogP contribution in [0.2, 0.25) is 0 Å². The minimum atomic E-state index is -4.02. The lowest BCUT2D eigenvalue weighted by molar-refractivity contribution is 0.155. The van der Waals surface area contributed by atoms with Crippen LogP contribution >= 0.6 is 0 Å². The minimum Gasteiger partial charge on any atom is -0.290 e. The smallest absolute Gasteiger partial charge is 0.246 e. The van der Waals surface area contributed by atoms with Crippen molar-refractivity contribution in [2.45, 2.75) is 10.9 Å². The molecule has 156 valence electrons. The van der Waals surface area contributed by atoms with Crippen LogP contribution in [0.3, 0.4) is 0 Å². The quantitative estimate of drug-likeness (QED) is 0.615. The molecule has 0 unspecified atom stereocenters. The lowest BCUT2D eigenvalue weighted by Gasteiger charge is -2.39. The van der Waals surface area contributed by atoms with Crippen LogP contribution in [0.5, 0.6) is 0 Å². The molecule has 0 aliphatic carbocycles. The van der Waals surface area contributed by atoms with Gasteiger partial charge in [-0.05, 0) is 23.3 Å². The van der Waals surface area contributed by atoms with E-state index >= 15 is 0 Å². The Morgan fingerprint density at radius 1 is 0.733 bits per heavy atom. The van der Waals surface area contributed by atoms with Crippen LogP contribution in [0, 0.1) is 11.6 Å². The number of piperazine rings is 1. The van der Waals surface area contributed by atoms with Crippen LogP contribution in [0.4, 0.5) is 8.78 Å². The van der Waals surface area contributed by atoms with Crippen molar-refractivity contribution in [2.24, 2.45) is 0 Å². The fourth-order valence-electron chi connectivity index (χ4n) is 3.91. The molecule has 0 atom stereocenters. The number of benzene rings is 3. The molecule has 1 saturated heterocycles. The van der Waals surface area contributed by atoms with Gasteiger partial charge in [0.15, 0.2) is 0 Å². The highest BCUT2D eigenvalue weighted by molar-refractivity contribution is 7.89. The van der Waals surface area contributed by atoms with Crippen molar-refractivity contribution in [3.05, 3.63) is 102 Å². The third-order valence-corrected chi connectivity index (χ3v) is 7.31. The molecule has 7 heteroatoms. The zero-order valence-corrected chi connectivity index (χ0v) is 17.1. The molecule has 0 saturated carbocycles. The van der Waals surface area contributed by atoms with Crippen LogP contribution < -0.4 is 0 Å². The summed E-state index contributed by atoms with van der Waals surface area (Å²) >= 11 is 0. The summed E-state index contributed by atoms with van der Waals surface area (Å²) in [6.07, 6.45) is 0. The first kappa shape index (κ1) is 20.7. The summed E-state index contributed by atoms with van der Waals surface area (Å²) in [6, 6.07) is 22.7. The molecular weight excluding hydrogens is 406 g/mol. The molecule has 1 fully saturated rings. The van der Waals surface area contributed by atoms with Gasteiger partial charge in [-0.1, -0.05) is 60.7 Å². The Morgan fingerprint density at radius 2 is 1.27 bits per heavy atom. The summed E-state index contributed by atoms with van der Waals surface area (Å²) in [4.78, 5) is 1.75. The molecule has 4 nitrogen and oxygen atoms in total. The zero-order valence-electron chi connectivity index (χ0n) is 16.3. The molecule has 1 heterocycles. The molecule has 1 aliphatic heterocycles. The van der Waals surface area contributed by atoms with E-state index in [9.17, 15) is 17.2 Å². The molecule has 3 aromatic rings. The van der Waals surface area contributed by atoms with Crippen molar-refractivity contribution < 1.29 is 17.2 Å². The first-order chi connectivity index (χ1) is 14.5. The van der Waals surface area contributed by atoms with E-state index in [-0.39, 0.29) is 19.1 Å². The molecule has 30 heavy (non-hydrogen) atoms. The van der Waals surface area contributed by atoms with Crippen molar-refractivity contribution in [1.82, 2.24) is 9.21 Å². The molecule has 0 N–H and O–H groups in total. The molecule has 0 spiro atoms. The van der Waals surface area contributed by atoms with E-state index in [1.807, 2.05) is 36.4 Å². The van der Waals surface area contributed by atoms with Crippen LogP contribution in [0.15, 0.2) is 83.8 Å². The zero-order chi connectivity index (χ0) is 21.1. The molecule has 0 radical (unpaired) electrons. The Bertz CT molecular complexity index is 1060. The van der Waals surface area contributed by atoms with E-state index in [0.29, 0.717) is 19.2 Å². The van der Waals surface area contributed by atoms with Gasteiger partial charge < -0.3 is 0 Å². The van der Waals surface area contributed by atoms with Gasteiger partial charge in [0, 0.05) is 32.2 Å². The van der Waals surface area contributed by atoms with Crippen molar-refractivity contribution >= 4 is 10.0 Å².